The van der Waals surface area contributed by atoms with Crippen LogP contribution in [0.4, 0.5) is 0 Å². The zero-order valence-electron chi connectivity index (χ0n) is 12.8. The van der Waals surface area contributed by atoms with Crippen LogP contribution in [0.25, 0.3) is 17.0 Å². The van der Waals surface area contributed by atoms with E-state index in [0.29, 0.717) is 28.5 Å². The molecule has 1 aromatic heterocycles. The van der Waals surface area contributed by atoms with E-state index in [4.69, 9.17) is 9.52 Å². The minimum Gasteiger partial charge on any atom is -0.504 e. The van der Waals surface area contributed by atoms with Crippen molar-refractivity contribution in [3.63, 3.8) is 0 Å². The van der Waals surface area contributed by atoms with Crippen LogP contribution in [0.2, 0.25) is 0 Å². The molecule has 1 aliphatic carbocycles. The van der Waals surface area contributed by atoms with Gasteiger partial charge in [0, 0.05) is 0 Å². The van der Waals surface area contributed by atoms with Gasteiger partial charge in [0.05, 0.1) is 23.6 Å². The number of carbonyl (C=O) groups is 2. The molecule has 2 aromatic rings. The molecule has 0 radical (unpaired) electrons. The van der Waals surface area contributed by atoms with Crippen LogP contribution in [-0.2, 0) is 9.53 Å². The lowest BCUT2D eigenvalue weighted by atomic mass is 10.0. The number of rotatable bonds is 3. The first-order valence-corrected chi connectivity index (χ1v) is 7.15. The highest BCUT2D eigenvalue weighted by Gasteiger charge is 2.16. The third-order valence-corrected chi connectivity index (χ3v) is 3.66. The number of ether oxygens (including phenoxy) is 1. The quantitative estimate of drug-likeness (QED) is 0.840. The Bertz CT molecular complexity index is 926. The van der Waals surface area contributed by atoms with E-state index in [0.717, 1.165) is 0 Å². The number of carbonyl (C=O) groups excluding carboxylic acids is 1. The average molecular weight is 326 g/mol. The van der Waals surface area contributed by atoms with E-state index >= 15 is 0 Å². The molecule has 0 unspecified atom stereocenters. The summed E-state index contributed by atoms with van der Waals surface area (Å²) in [4.78, 5) is 22.6. The number of furan rings is 1. The predicted octanol–water partition coefficient (Wildman–Crippen LogP) is 3.28. The molecule has 0 saturated heterocycles. The zero-order valence-corrected chi connectivity index (χ0v) is 12.8. The van der Waals surface area contributed by atoms with E-state index < -0.39 is 11.9 Å². The molecule has 2 N–H and O–H groups in total. The topological polar surface area (TPSA) is 97.0 Å². The number of hydrogen-bond acceptors (Lipinski definition) is 5. The normalized spacial score (nSPS) is 15.5. The van der Waals surface area contributed by atoms with Gasteiger partial charge in [-0.2, -0.15) is 0 Å². The third-order valence-electron chi connectivity index (χ3n) is 3.66. The van der Waals surface area contributed by atoms with E-state index in [1.807, 2.05) is 0 Å². The van der Waals surface area contributed by atoms with Crippen LogP contribution in [0.1, 0.15) is 22.5 Å². The molecule has 3 rings (SSSR count). The molecule has 0 saturated carbocycles. The highest BCUT2D eigenvalue weighted by molar-refractivity contribution is 5.97. The number of hydrogen-bond donors (Lipinski definition) is 2. The lowest BCUT2D eigenvalue weighted by molar-refractivity contribution is -0.132. The van der Waals surface area contributed by atoms with Gasteiger partial charge in [0.15, 0.2) is 11.5 Å². The minimum atomic E-state index is -1.02. The molecule has 122 valence electrons. The Hall–Kier alpha value is -3.28. The summed E-state index contributed by atoms with van der Waals surface area (Å²) in [6.07, 6.45) is 6.89. The highest BCUT2D eigenvalue weighted by Crippen LogP contribution is 2.35. The molecule has 6 nitrogen and oxygen atoms in total. The van der Waals surface area contributed by atoms with Crippen LogP contribution in [0, 0.1) is 0 Å². The largest absolute Gasteiger partial charge is 0.504 e. The first kappa shape index (κ1) is 15.6. The SMILES string of the molecule is COC(=O)c1ccc2oc(C=C3C=C(C(=O)O)C=CC3)c(O)c2c1. The first-order valence-electron chi connectivity index (χ1n) is 7.15. The molecule has 6 heteroatoms. The van der Waals surface area contributed by atoms with E-state index in [9.17, 15) is 14.7 Å². The Morgan fingerprint density at radius 1 is 1.33 bits per heavy atom. The van der Waals surface area contributed by atoms with Gasteiger partial charge in [-0.3, -0.25) is 0 Å². The minimum absolute atomic E-state index is 0.108. The van der Waals surface area contributed by atoms with Crippen LogP contribution in [-0.4, -0.2) is 29.3 Å². The van der Waals surface area contributed by atoms with Crippen LogP contribution in [0.3, 0.4) is 0 Å². The van der Waals surface area contributed by atoms with Crippen LogP contribution < -0.4 is 0 Å². The summed E-state index contributed by atoms with van der Waals surface area (Å²) < 4.78 is 10.2. The number of carboxylic acids is 1. The van der Waals surface area contributed by atoms with E-state index in [1.165, 1.54) is 25.3 Å². The monoisotopic (exact) mass is 326 g/mol. The molecular formula is C18H14O6. The Kier molecular flexibility index (Phi) is 3.95. The first-order chi connectivity index (χ1) is 11.5. The van der Waals surface area contributed by atoms with Gasteiger partial charge in [-0.05, 0) is 42.3 Å². The fourth-order valence-corrected chi connectivity index (χ4v) is 2.48. The lowest BCUT2D eigenvalue weighted by Crippen LogP contribution is -2.00. The molecule has 1 aromatic carbocycles. The van der Waals surface area contributed by atoms with Crippen LogP contribution >= 0.6 is 0 Å². The summed E-state index contributed by atoms with van der Waals surface area (Å²) in [5.41, 5.74) is 1.57. The van der Waals surface area contributed by atoms with Crippen molar-refractivity contribution in [2.24, 2.45) is 0 Å². The number of fused-ring (bicyclic) bond motifs is 1. The van der Waals surface area contributed by atoms with E-state index in [2.05, 4.69) is 4.74 Å². The zero-order chi connectivity index (χ0) is 17.3. The van der Waals surface area contributed by atoms with Gasteiger partial charge < -0.3 is 19.4 Å². The van der Waals surface area contributed by atoms with Crippen molar-refractivity contribution in [3.05, 3.63) is 58.9 Å². The molecule has 0 atom stereocenters. The second-order valence-electron chi connectivity index (χ2n) is 5.25. The summed E-state index contributed by atoms with van der Waals surface area (Å²) in [5, 5.41) is 19.7. The second-order valence-corrected chi connectivity index (χ2v) is 5.25. The molecule has 0 aliphatic heterocycles. The summed E-state index contributed by atoms with van der Waals surface area (Å²) in [6.45, 7) is 0. The molecular weight excluding hydrogens is 312 g/mol. The molecule has 0 amide bonds. The van der Waals surface area contributed by atoms with Crippen molar-refractivity contribution < 1.29 is 29.0 Å². The maximum absolute atomic E-state index is 11.6. The van der Waals surface area contributed by atoms with Crippen molar-refractivity contribution in [2.45, 2.75) is 6.42 Å². The summed E-state index contributed by atoms with van der Waals surface area (Å²) in [7, 11) is 1.28. The maximum Gasteiger partial charge on any atom is 0.337 e. The van der Waals surface area contributed by atoms with Crippen molar-refractivity contribution >= 4 is 29.0 Å². The van der Waals surface area contributed by atoms with Gasteiger partial charge in [-0.15, -0.1) is 0 Å². The number of aromatic hydroxyl groups is 1. The van der Waals surface area contributed by atoms with Gasteiger partial charge in [0.2, 0.25) is 0 Å². The van der Waals surface area contributed by atoms with Crippen LogP contribution in [0.5, 0.6) is 5.75 Å². The summed E-state index contributed by atoms with van der Waals surface area (Å²) in [5.74, 6) is -1.43. The second kappa shape index (κ2) is 6.08. The maximum atomic E-state index is 11.6. The van der Waals surface area contributed by atoms with E-state index in [-0.39, 0.29) is 17.1 Å². The van der Waals surface area contributed by atoms with Gasteiger partial charge in [0.25, 0.3) is 0 Å². The van der Waals surface area contributed by atoms with Gasteiger partial charge >= 0.3 is 11.9 Å². The van der Waals surface area contributed by atoms with Crippen molar-refractivity contribution in [1.82, 2.24) is 0 Å². The Morgan fingerprint density at radius 2 is 2.12 bits per heavy atom. The van der Waals surface area contributed by atoms with Gasteiger partial charge in [-0.25, -0.2) is 9.59 Å². The number of methoxy groups -OCH3 is 1. The number of allylic oxidation sites excluding steroid dienone is 3. The number of carboxylic acid groups (broad SMARTS) is 1. The Labute approximate surface area is 137 Å². The highest BCUT2D eigenvalue weighted by atomic mass is 16.5. The summed E-state index contributed by atoms with van der Waals surface area (Å²) >= 11 is 0. The van der Waals surface area contributed by atoms with E-state index in [1.54, 1.807) is 24.3 Å². The molecule has 1 aliphatic rings. The number of benzene rings is 1. The fourth-order valence-electron chi connectivity index (χ4n) is 2.48. The molecule has 0 spiro atoms. The standard InChI is InChI=1S/C18H14O6/c1-23-18(22)12-5-6-14-13(9-12)16(19)15(24-14)8-10-3-2-4-11(7-10)17(20)21/h2,4-9,19H,3H2,1H3,(H,20,21). The molecule has 0 bridgehead atoms. The number of esters is 1. The number of aliphatic carboxylic acids is 1. The smallest absolute Gasteiger partial charge is 0.337 e. The molecule has 0 fully saturated rings. The average Bonchev–Trinajstić information content (AvgIpc) is 2.90. The van der Waals surface area contributed by atoms with Crippen molar-refractivity contribution in [2.75, 3.05) is 7.11 Å². The van der Waals surface area contributed by atoms with Crippen molar-refractivity contribution in [3.8, 4) is 5.75 Å². The lowest BCUT2D eigenvalue weighted by Gasteiger charge is -2.05. The Morgan fingerprint density at radius 3 is 2.83 bits per heavy atom. The van der Waals surface area contributed by atoms with Crippen molar-refractivity contribution in [1.29, 1.82) is 0 Å². The molecule has 1 heterocycles. The fraction of sp³-hybridized carbons (Fsp3) is 0.111. The third kappa shape index (κ3) is 2.81. The Balaban J connectivity index is 2.03. The van der Waals surface area contributed by atoms with Gasteiger partial charge in [0.1, 0.15) is 5.58 Å². The van der Waals surface area contributed by atoms with Gasteiger partial charge in [-0.1, -0.05) is 12.2 Å². The molecule has 24 heavy (non-hydrogen) atoms. The predicted molar refractivity (Wildman–Crippen MR) is 86.7 cm³/mol. The van der Waals surface area contributed by atoms with Crippen LogP contribution in [0.15, 0.2) is 52.0 Å². The summed E-state index contributed by atoms with van der Waals surface area (Å²) in [6, 6.07) is 4.60.